The molecule has 1 fully saturated rings. The van der Waals surface area contributed by atoms with Crippen molar-refractivity contribution < 1.29 is 14.3 Å². The number of rotatable bonds is 4. The highest BCUT2D eigenvalue weighted by atomic mass is 16.6. The second kappa shape index (κ2) is 5.31. The van der Waals surface area contributed by atoms with E-state index in [1.807, 2.05) is 51.1 Å². The molecule has 0 amide bonds. The van der Waals surface area contributed by atoms with Crippen LogP contribution in [0.15, 0.2) is 30.3 Å². The second-order valence-corrected chi connectivity index (χ2v) is 5.87. The molecule has 0 bridgehead atoms. The molecule has 19 heavy (non-hydrogen) atoms. The van der Waals surface area contributed by atoms with Gasteiger partial charge in [-0.05, 0) is 26.3 Å². The molecule has 4 nitrogen and oxygen atoms in total. The SMILES string of the molecule is CC(C)(C)OC(=O)[C@@H](C(N)c1ccccc1)[C@@H]1CO1. The minimum Gasteiger partial charge on any atom is -0.460 e. The van der Waals surface area contributed by atoms with E-state index < -0.39 is 17.6 Å². The van der Waals surface area contributed by atoms with Crippen molar-refractivity contribution >= 4 is 5.97 Å². The molecule has 1 aromatic rings. The van der Waals surface area contributed by atoms with Crippen LogP contribution in [0.3, 0.4) is 0 Å². The first-order valence-electron chi connectivity index (χ1n) is 6.53. The summed E-state index contributed by atoms with van der Waals surface area (Å²) in [5, 5.41) is 0. The molecule has 1 unspecified atom stereocenters. The van der Waals surface area contributed by atoms with Gasteiger partial charge in [0.1, 0.15) is 11.5 Å². The molecule has 0 spiro atoms. The highest BCUT2D eigenvalue weighted by molar-refractivity contribution is 5.75. The van der Waals surface area contributed by atoms with Gasteiger partial charge in [-0.15, -0.1) is 0 Å². The highest BCUT2D eigenvalue weighted by Gasteiger charge is 2.44. The van der Waals surface area contributed by atoms with Crippen LogP contribution in [0.4, 0.5) is 0 Å². The van der Waals surface area contributed by atoms with Crippen LogP contribution < -0.4 is 5.73 Å². The third kappa shape index (κ3) is 3.78. The first-order chi connectivity index (χ1) is 8.88. The van der Waals surface area contributed by atoms with E-state index in [1.165, 1.54) is 0 Å². The zero-order chi connectivity index (χ0) is 14.0. The maximum Gasteiger partial charge on any atom is 0.314 e. The summed E-state index contributed by atoms with van der Waals surface area (Å²) in [5.41, 5.74) is 6.63. The fraction of sp³-hybridized carbons (Fsp3) is 0.533. The normalized spacial score (nSPS) is 21.6. The molecule has 3 atom stereocenters. The quantitative estimate of drug-likeness (QED) is 0.667. The van der Waals surface area contributed by atoms with Crippen LogP contribution in [0.5, 0.6) is 0 Å². The summed E-state index contributed by atoms with van der Waals surface area (Å²) in [4.78, 5) is 12.3. The first-order valence-corrected chi connectivity index (χ1v) is 6.53. The van der Waals surface area contributed by atoms with Crippen molar-refractivity contribution in [2.24, 2.45) is 11.7 Å². The van der Waals surface area contributed by atoms with Gasteiger partial charge in [-0.2, -0.15) is 0 Å². The number of nitrogens with two attached hydrogens (primary N) is 1. The number of carbonyl (C=O) groups excluding carboxylic acids is 1. The summed E-state index contributed by atoms with van der Waals surface area (Å²) in [6.07, 6.45) is -0.120. The van der Waals surface area contributed by atoms with E-state index in [-0.39, 0.29) is 12.1 Å². The summed E-state index contributed by atoms with van der Waals surface area (Å²) in [6.45, 7) is 6.13. The molecular formula is C15H21NO3. The Kier molecular flexibility index (Phi) is 3.92. The Hall–Kier alpha value is -1.39. The molecule has 1 aromatic carbocycles. The topological polar surface area (TPSA) is 64.8 Å². The third-order valence-electron chi connectivity index (χ3n) is 3.01. The van der Waals surface area contributed by atoms with Crippen LogP contribution >= 0.6 is 0 Å². The van der Waals surface area contributed by atoms with Gasteiger partial charge in [-0.1, -0.05) is 30.3 Å². The Labute approximate surface area is 113 Å². The molecule has 0 aromatic heterocycles. The van der Waals surface area contributed by atoms with Crippen molar-refractivity contribution in [3.63, 3.8) is 0 Å². The summed E-state index contributed by atoms with van der Waals surface area (Å²) in [6, 6.07) is 9.19. The maximum absolute atomic E-state index is 12.3. The van der Waals surface area contributed by atoms with E-state index in [4.69, 9.17) is 15.2 Å². The summed E-state index contributed by atoms with van der Waals surface area (Å²) in [7, 11) is 0. The number of esters is 1. The van der Waals surface area contributed by atoms with Crippen molar-refractivity contribution in [1.29, 1.82) is 0 Å². The van der Waals surface area contributed by atoms with Crippen molar-refractivity contribution in [1.82, 2.24) is 0 Å². The van der Waals surface area contributed by atoms with Crippen LogP contribution in [0, 0.1) is 5.92 Å². The lowest BCUT2D eigenvalue weighted by atomic mass is 9.91. The number of hydrogen-bond donors (Lipinski definition) is 1. The highest BCUT2D eigenvalue weighted by Crippen LogP contribution is 2.32. The molecule has 2 rings (SSSR count). The fourth-order valence-electron chi connectivity index (χ4n) is 2.04. The van der Waals surface area contributed by atoms with Gasteiger partial charge in [0.25, 0.3) is 0 Å². The standard InChI is InChI=1S/C15H21NO3/c1-15(2,3)19-14(17)12(11-9-18-11)13(16)10-7-5-4-6-8-10/h4-8,11-13H,9,16H2,1-3H3/t11-,12+,13?/m0/s1. The second-order valence-electron chi connectivity index (χ2n) is 5.87. The average Bonchev–Trinajstić information content (AvgIpc) is 3.12. The van der Waals surface area contributed by atoms with Gasteiger partial charge in [0, 0.05) is 6.04 Å². The Morgan fingerprint density at radius 3 is 2.42 bits per heavy atom. The van der Waals surface area contributed by atoms with Gasteiger partial charge in [0.05, 0.1) is 12.7 Å². The van der Waals surface area contributed by atoms with Crippen LogP contribution in [0.2, 0.25) is 0 Å². The lowest BCUT2D eigenvalue weighted by Gasteiger charge is -2.26. The largest absolute Gasteiger partial charge is 0.460 e. The smallest absolute Gasteiger partial charge is 0.314 e. The molecule has 0 radical (unpaired) electrons. The fourth-order valence-corrected chi connectivity index (χ4v) is 2.04. The molecule has 1 saturated heterocycles. The Morgan fingerprint density at radius 1 is 1.37 bits per heavy atom. The molecule has 104 valence electrons. The predicted molar refractivity (Wildman–Crippen MR) is 72.4 cm³/mol. The summed E-state index contributed by atoms with van der Waals surface area (Å²) < 4.78 is 10.7. The molecule has 1 heterocycles. The van der Waals surface area contributed by atoms with Gasteiger partial charge >= 0.3 is 5.97 Å². The monoisotopic (exact) mass is 263 g/mol. The zero-order valence-corrected chi connectivity index (χ0v) is 11.6. The van der Waals surface area contributed by atoms with Gasteiger partial charge in [0.2, 0.25) is 0 Å². The van der Waals surface area contributed by atoms with Crippen molar-refractivity contribution in [3.8, 4) is 0 Å². The Morgan fingerprint density at radius 2 is 1.95 bits per heavy atom. The molecule has 0 aliphatic carbocycles. The number of hydrogen-bond acceptors (Lipinski definition) is 4. The molecule has 2 N–H and O–H groups in total. The summed E-state index contributed by atoms with van der Waals surface area (Å²) >= 11 is 0. The maximum atomic E-state index is 12.3. The minimum atomic E-state index is -0.513. The number of benzene rings is 1. The van der Waals surface area contributed by atoms with Crippen LogP contribution in [-0.4, -0.2) is 24.3 Å². The van der Waals surface area contributed by atoms with Crippen LogP contribution in [-0.2, 0) is 14.3 Å². The van der Waals surface area contributed by atoms with E-state index in [9.17, 15) is 4.79 Å². The van der Waals surface area contributed by atoms with Gasteiger partial charge in [-0.3, -0.25) is 4.79 Å². The molecular weight excluding hydrogens is 242 g/mol. The predicted octanol–water partition coefficient (Wildman–Crippen LogP) is 2.04. The number of epoxide rings is 1. The van der Waals surface area contributed by atoms with Gasteiger partial charge in [-0.25, -0.2) is 0 Å². The van der Waals surface area contributed by atoms with Crippen molar-refractivity contribution in [3.05, 3.63) is 35.9 Å². The molecule has 1 aliphatic heterocycles. The van der Waals surface area contributed by atoms with E-state index in [0.717, 1.165) is 5.56 Å². The van der Waals surface area contributed by atoms with E-state index >= 15 is 0 Å². The number of ether oxygens (including phenoxy) is 2. The average molecular weight is 263 g/mol. The third-order valence-corrected chi connectivity index (χ3v) is 3.01. The van der Waals surface area contributed by atoms with Crippen molar-refractivity contribution in [2.45, 2.75) is 38.5 Å². The molecule has 1 aliphatic rings. The van der Waals surface area contributed by atoms with E-state index in [2.05, 4.69) is 0 Å². The van der Waals surface area contributed by atoms with Gasteiger partial charge < -0.3 is 15.2 Å². The summed E-state index contributed by atoms with van der Waals surface area (Å²) in [5.74, 6) is -0.729. The Balaban J connectivity index is 2.14. The van der Waals surface area contributed by atoms with E-state index in [0.29, 0.717) is 6.61 Å². The van der Waals surface area contributed by atoms with Gasteiger partial charge in [0.15, 0.2) is 0 Å². The first kappa shape index (κ1) is 14.0. The number of carbonyl (C=O) groups is 1. The molecule has 0 saturated carbocycles. The van der Waals surface area contributed by atoms with Crippen LogP contribution in [0.1, 0.15) is 32.4 Å². The van der Waals surface area contributed by atoms with Crippen molar-refractivity contribution in [2.75, 3.05) is 6.61 Å². The van der Waals surface area contributed by atoms with Crippen LogP contribution in [0.25, 0.3) is 0 Å². The lowest BCUT2D eigenvalue weighted by molar-refractivity contribution is -0.161. The zero-order valence-electron chi connectivity index (χ0n) is 11.6. The molecule has 4 heteroatoms. The van der Waals surface area contributed by atoms with E-state index in [1.54, 1.807) is 0 Å². The Bertz CT molecular complexity index is 434. The minimum absolute atomic E-state index is 0.120. The lowest BCUT2D eigenvalue weighted by Crippen LogP contribution is -2.37.